The molecule has 18 heavy (non-hydrogen) atoms. The third kappa shape index (κ3) is 3.00. The quantitative estimate of drug-likeness (QED) is 0.650. The number of carbonyl (C=O) groups excluding carboxylic acids is 1. The summed E-state index contributed by atoms with van der Waals surface area (Å²) in [5.41, 5.74) is 5.49. The summed E-state index contributed by atoms with van der Waals surface area (Å²) in [4.78, 5) is 22.7. The second-order valence-electron chi connectivity index (χ2n) is 5.11. The van der Waals surface area contributed by atoms with E-state index in [0.717, 1.165) is 12.8 Å². The lowest BCUT2D eigenvalue weighted by atomic mass is 10.1. The predicted molar refractivity (Wildman–Crippen MR) is 63.9 cm³/mol. The number of carboxylic acid groups (broad SMARTS) is 1. The zero-order valence-corrected chi connectivity index (χ0v) is 10.3. The van der Waals surface area contributed by atoms with Gasteiger partial charge in [0.25, 0.3) is 0 Å². The maximum Gasteiger partial charge on any atom is 0.306 e. The molecule has 1 heterocycles. The lowest BCUT2D eigenvalue weighted by molar-refractivity contribution is -0.141. The number of ether oxygens (including phenoxy) is 1. The lowest BCUT2D eigenvalue weighted by Crippen LogP contribution is -2.41. The second kappa shape index (κ2) is 5.67. The van der Waals surface area contributed by atoms with Gasteiger partial charge in [0.15, 0.2) is 0 Å². The van der Waals surface area contributed by atoms with Crippen LogP contribution in [0.2, 0.25) is 0 Å². The molecule has 1 aliphatic heterocycles. The highest BCUT2D eigenvalue weighted by Gasteiger charge is 2.34. The fraction of sp³-hybridized carbons (Fsp3) is 0.833. The van der Waals surface area contributed by atoms with Crippen LogP contribution in [0.15, 0.2) is 0 Å². The predicted octanol–water partition coefficient (Wildman–Crippen LogP) is -0.138. The van der Waals surface area contributed by atoms with Crippen LogP contribution in [0.1, 0.15) is 32.1 Å². The number of carbonyl (C=O) groups is 2. The van der Waals surface area contributed by atoms with Crippen LogP contribution in [0.3, 0.4) is 0 Å². The van der Waals surface area contributed by atoms with Crippen molar-refractivity contribution in [3.63, 3.8) is 0 Å². The number of carboxylic acids is 1. The lowest BCUT2D eigenvalue weighted by Gasteiger charge is -2.16. The SMILES string of the molecule is NCC1CCC(C(=O)N[C@H]2CC[C@@H](C(=O)O)C2)O1. The van der Waals surface area contributed by atoms with Gasteiger partial charge in [-0.05, 0) is 32.1 Å². The van der Waals surface area contributed by atoms with Crippen LogP contribution in [0, 0.1) is 5.92 Å². The van der Waals surface area contributed by atoms with Crippen molar-refractivity contribution in [2.45, 2.75) is 50.4 Å². The first-order valence-corrected chi connectivity index (χ1v) is 6.49. The molecule has 6 nitrogen and oxygen atoms in total. The maximum absolute atomic E-state index is 11.9. The Morgan fingerprint density at radius 1 is 1.28 bits per heavy atom. The minimum Gasteiger partial charge on any atom is -0.481 e. The molecule has 4 atom stereocenters. The van der Waals surface area contributed by atoms with Gasteiger partial charge in [0.05, 0.1) is 12.0 Å². The Labute approximate surface area is 106 Å². The fourth-order valence-electron chi connectivity index (χ4n) is 2.70. The zero-order valence-electron chi connectivity index (χ0n) is 10.3. The van der Waals surface area contributed by atoms with E-state index in [4.69, 9.17) is 15.6 Å². The van der Waals surface area contributed by atoms with Gasteiger partial charge >= 0.3 is 5.97 Å². The normalized spacial score (nSPS) is 35.6. The molecule has 1 aliphatic carbocycles. The van der Waals surface area contributed by atoms with Crippen molar-refractivity contribution in [3.05, 3.63) is 0 Å². The molecular weight excluding hydrogens is 236 g/mol. The number of hydrogen-bond donors (Lipinski definition) is 3. The summed E-state index contributed by atoms with van der Waals surface area (Å²) in [6.45, 7) is 0.439. The summed E-state index contributed by atoms with van der Waals surface area (Å²) in [6, 6.07) is -0.0286. The van der Waals surface area contributed by atoms with Crippen molar-refractivity contribution in [2.75, 3.05) is 6.54 Å². The van der Waals surface area contributed by atoms with Crippen LogP contribution in [0.5, 0.6) is 0 Å². The molecule has 0 aromatic carbocycles. The third-order valence-electron chi connectivity index (χ3n) is 3.79. The fourth-order valence-corrected chi connectivity index (χ4v) is 2.70. The highest BCUT2D eigenvalue weighted by Crippen LogP contribution is 2.26. The van der Waals surface area contributed by atoms with Gasteiger partial charge in [-0.2, -0.15) is 0 Å². The smallest absolute Gasteiger partial charge is 0.306 e. The Hall–Kier alpha value is -1.14. The molecule has 0 aromatic rings. The molecule has 2 fully saturated rings. The monoisotopic (exact) mass is 256 g/mol. The van der Waals surface area contributed by atoms with Crippen LogP contribution in [-0.4, -0.2) is 41.8 Å². The Balaban J connectivity index is 1.77. The summed E-state index contributed by atoms with van der Waals surface area (Å²) in [7, 11) is 0. The molecule has 0 spiro atoms. The Morgan fingerprint density at radius 2 is 2.06 bits per heavy atom. The number of amides is 1. The van der Waals surface area contributed by atoms with Crippen molar-refractivity contribution in [2.24, 2.45) is 11.7 Å². The molecule has 4 N–H and O–H groups in total. The van der Waals surface area contributed by atoms with Crippen LogP contribution >= 0.6 is 0 Å². The van der Waals surface area contributed by atoms with E-state index in [1.165, 1.54) is 0 Å². The molecule has 6 heteroatoms. The number of nitrogens with two attached hydrogens (primary N) is 1. The van der Waals surface area contributed by atoms with Crippen LogP contribution in [-0.2, 0) is 14.3 Å². The average Bonchev–Trinajstić information content (AvgIpc) is 2.96. The summed E-state index contributed by atoms with van der Waals surface area (Å²) in [5.74, 6) is -1.22. The van der Waals surface area contributed by atoms with Gasteiger partial charge < -0.3 is 20.9 Å². The maximum atomic E-state index is 11.9. The molecule has 2 rings (SSSR count). The molecule has 0 radical (unpaired) electrons. The van der Waals surface area contributed by atoms with Crippen molar-refractivity contribution >= 4 is 11.9 Å². The Bertz CT molecular complexity index is 334. The molecular formula is C12H20N2O4. The molecule has 1 saturated heterocycles. The summed E-state index contributed by atoms with van der Waals surface area (Å²) >= 11 is 0. The van der Waals surface area contributed by atoms with Crippen molar-refractivity contribution in [1.29, 1.82) is 0 Å². The van der Waals surface area contributed by atoms with Gasteiger partial charge in [0.1, 0.15) is 6.10 Å². The average molecular weight is 256 g/mol. The van der Waals surface area contributed by atoms with Gasteiger partial charge in [-0.1, -0.05) is 0 Å². The zero-order chi connectivity index (χ0) is 13.1. The van der Waals surface area contributed by atoms with Gasteiger partial charge in [0, 0.05) is 12.6 Å². The summed E-state index contributed by atoms with van der Waals surface area (Å²) in [6.07, 6.45) is 2.97. The Morgan fingerprint density at radius 3 is 2.61 bits per heavy atom. The number of rotatable bonds is 4. The van der Waals surface area contributed by atoms with E-state index in [1.807, 2.05) is 0 Å². The first-order valence-electron chi connectivity index (χ1n) is 6.49. The van der Waals surface area contributed by atoms with Gasteiger partial charge in [-0.3, -0.25) is 9.59 Å². The number of hydrogen-bond acceptors (Lipinski definition) is 4. The highest BCUT2D eigenvalue weighted by atomic mass is 16.5. The Kier molecular flexibility index (Phi) is 4.19. The van der Waals surface area contributed by atoms with E-state index in [9.17, 15) is 9.59 Å². The number of aliphatic carboxylic acids is 1. The van der Waals surface area contributed by atoms with E-state index in [1.54, 1.807) is 0 Å². The minimum atomic E-state index is -0.771. The first kappa shape index (κ1) is 13.3. The third-order valence-corrected chi connectivity index (χ3v) is 3.79. The molecule has 0 bridgehead atoms. The highest BCUT2D eigenvalue weighted by molar-refractivity contribution is 5.81. The minimum absolute atomic E-state index is 0.0175. The number of nitrogens with one attached hydrogen (secondary N) is 1. The molecule has 2 aliphatic rings. The van der Waals surface area contributed by atoms with E-state index in [-0.39, 0.29) is 24.0 Å². The van der Waals surface area contributed by atoms with E-state index in [0.29, 0.717) is 25.8 Å². The second-order valence-corrected chi connectivity index (χ2v) is 5.11. The van der Waals surface area contributed by atoms with E-state index < -0.39 is 12.1 Å². The standard InChI is InChI=1S/C12H20N2O4/c13-6-9-3-4-10(18-9)11(15)14-8-2-1-7(5-8)12(16)17/h7-10H,1-6,13H2,(H,14,15)(H,16,17)/t7-,8+,9?,10?/m1/s1. The first-order chi connectivity index (χ1) is 8.60. The molecule has 2 unspecified atom stereocenters. The van der Waals surface area contributed by atoms with Gasteiger partial charge in [-0.25, -0.2) is 0 Å². The summed E-state index contributed by atoms with van der Waals surface area (Å²) < 4.78 is 5.50. The van der Waals surface area contributed by atoms with Crippen molar-refractivity contribution < 1.29 is 19.4 Å². The van der Waals surface area contributed by atoms with Crippen LogP contribution < -0.4 is 11.1 Å². The molecule has 102 valence electrons. The molecule has 0 aromatic heterocycles. The van der Waals surface area contributed by atoms with Crippen molar-refractivity contribution in [3.8, 4) is 0 Å². The van der Waals surface area contributed by atoms with E-state index >= 15 is 0 Å². The van der Waals surface area contributed by atoms with Gasteiger partial charge in [0.2, 0.25) is 5.91 Å². The van der Waals surface area contributed by atoms with Crippen molar-refractivity contribution in [1.82, 2.24) is 5.32 Å². The molecule has 1 saturated carbocycles. The largest absolute Gasteiger partial charge is 0.481 e. The van der Waals surface area contributed by atoms with Crippen LogP contribution in [0.25, 0.3) is 0 Å². The van der Waals surface area contributed by atoms with Gasteiger partial charge in [-0.15, -0.1) is 0 Å². The summed E-state index contributed by atoms with van der Waals surface area (Å²) in [5, 5.41) is 11.8. The van der Waals surface area contributed by atoms with Crippen LogP contribution in [0.4, 0.5) is 0 Å². The topological polar surface area (TPSA) is 102 Å². The molecule has 1 amide bonds. The van der Waals surface area contributed by atoms with E-state index in [2.05, 4.69) is 5.32 Å².